The lowest BCUT2D eigenvalue weighted by Gasteiger charge is -2.28. The smallest absolute Gasteiger partial charge is 0.374 e. The van der Waals surface area contributed by atoms with Gasteiger partial charge in [-0.2, -0.15) is 11.8 Å². The van der Waals surface area contributed by atoms with Crippen LogP contribution < -0.4 is 10.2 Å². The molecule has 0 saturated carbocycles. The highest BCUT2D eigenvalue weighted by Crippen LogP contribution is 2.20. The Morgan fingerprint density at radius 1 is 1.00 bits per heavy atom. The van der Waals surface area contributed by atoms with E-state index < -0.39 is 8.80 Å². The van der Waals surface area contributed by atoms with Crippen LogP contribution in [0.25, 0.3) is 0 Å². The first-order valence-corrected chi connectivity index (χ1v) is 12.6. The van der Waals surface area contributed by atoms with Crippen LogP contribution in [0.3, 0.4) is 0 Å². The van der Waals surface area contributed by atoms with Crippen molar-refractivity contribution in [1.82, 2.24) is 5.32 Å². The van der Waals surface area contributed by atoms with Crippen molar-refractivity contribution in [1.29, 1.82) is 0 Å². The molecule has 25 heavy (non-hydrogen) atoms. The quantitative estimate of drug-likeness (QED) is 0.286. The van der Waals surface area contributed by atoms with Crippen LogP contribution in [0.4, 0.5) is 0 Å². The fourth-order valence-electron chi connectivity index (χ4n) is 2.42. The van der Waals surface area contributed by atoms with E-state index in [0.29, 0.717) is 26.2 Å². The molecule has 0 bridgehead atoms. The van der Waals surface area contributed by atoms with Gasteiger partial charge in [0.2, 0.25) is 5.91 Å². The summed E-state index contributed by atoms with van der Waals surface area (Å²) in [6.45, 7) is 9.66. The zero-order valence-electron chi connectivity index (χ0n) is 16.8. The predicted molar refractivity (Wildman–Crippen MR) is 107 cm³/mol. The summed E-state index contributed by atoms with van der Waals surface area (Å²) in [5, 5.41) is 2.98. The highest BCUT2D eigenvalue weighted by molar-refractivity contribution is 7.99. The second kappa shape index (κ2) is 16.1. The number of thioether (sulfide) groups is 1. The molecule has 0 aromatic heterocycles. The summed E-state index contributed by atoms with van der Waals surface area (Å²) in [5.74, 6) is 2.01. The third-order valence-corrected chi connectivity index (χ3v) is 7.74. The fraction of sp³-hybridized carbons (Fsp3) is 0.941. The molecule has 0 saturated heterocycles. The normalized spacial score (nSPS) is 11.9. The molecule has 8 heteroatoms. The Bertz CT molecular complexity index is 319. The van der Waals surface area contributed by atoms with Gasteiger partial charge in [0.05, 0.1) is 20.6 Å². The lowest BCUT2D eigenvalue weighted by atomic mass is 10.4. The van der Waals surface area contributed by atoms with E-state index in [-0.39, 0.29) is 5.91 Å². The van der Waals surface area contributed by atoms with Crippen molar-refractivity contribution in [3.63, 3.8) is 0 Å². The molecule has 0 atom stereocenters. The van der Waals surface area contributed by atoms with Crippen LogP contribution >= 0.6 is 11.8 Å². The molecule has 0 rings (SSSR count). The first-order chi connectivity index (χ1) is 12.0. The summed E-state index contributed by atoms with van der Waals surface area (Å²) in [5.41, 5.74) is 0. The Balaban J connectivity index is 3.82. The molecule has 0 heterocycles. The first-order valence-electron chi connectivity index (χ1n) is 9.55. The number of hydrogen-bond donors (Lipinski definition) is 2. The van der Waals surface area contributed by atoms with Crippen LogP contribution in [0.15, 0.2) is 0 Å². The minimum absolute atomic E-state index is 0.155. The van der Waals surface area contributed by atoms with E-state index in [1.54, 1.807) is 0 Å². The maximum Gasteiger partial charge on any atom is 0.500 e. The van der Waals surface area contributed by atoms with E-state index in [9.17, 15) is 4.79 Å². The lowest BCUT2D eigenvalue weighted by molar-refractivity contribution is -0.858. The molecule has 150 valence electrons. The van der Waals surface area contributed by atoms with Gasteiger partial charge in [-0.1, -0.05) is 0 Å². The van der Waals surface area contributed by atoms with Crippen molar-refractivity contribution in [2.24, 2.45) is 0 Å². The summed E-state index contributed by atoms with van der Waals surface area (Å²) >= 11 is 1.81. The number of nitrogens with one attached hydrogen (secondary N) is 2. The molecule has 6 nitrogen and oxygen atoms in total. The summed E-state index contributed by atoms with van der Waals surface area (Å²) in [6, 6.07) is 0.842. The van der Waals surface area contributed by atoms with E-state index >= 15 is 0 Å². The van der Waals surface area contributed by atoms with E-state index in [1.165, 1.54) is 4.90 Å². The van der Waals surface area contributed by atoms with Crippen LogP contribution in [0.5, 0.6) is 0 Å². The second-order valence-corrected chi connectivity index (χ2v) is 10.1. The van der Waals surface area contributed by atoms with E-state index in [4.69, 9.17) is 13.3 Å². The first kappa shape index (κ1) is 24.9. The molecule has 1 amide bonds. The van der Waals surface area contributed by atoms with Crippen LogP contribution in [0, 0.1) is 0 Å². The minimum atomic E-state index is -2.50. The van der Waals surface area contributed by atoms with Gasteiger partial charge in [-0.05, 0) is 32.9 Å². The zero-order valence-corrected chi connectivity index (χ0v) is 18.6. The maximum absolute atomic E-state index is 11.8. The SMILES string of the molecule is CCO[Si](CCCSCCC(=O)NCCC[NH+](C)C)(OCC)OCC. The Kier molecular flexibility index (Phi) is 16.0. The van der Waals surface area contributed by atoms with Gasteiger partial charge in [0.1, 0.15) is 0 Å². The number of amides is 1. The molecule has 0 aliphatic rings. The number of hydrogen-bond acceptors (Lipinski definition) is 5. The molecule has 0 aromatic rings. The summed E-state index contributed by atoms with van der Waals surface area (Å²) in [4.78, 5) is 13.2. The molecule has 0 radical (unpaired) electrons. The van der Waals surface area contributed by atoms with Crippen molar-refractivity contribution in [3.8, 4) is 0 Å². The van der Waals surface area contributed by atoms with Crippen LogP contribution in [-0.4, -0.2) is 73.2 Å². The highest BCUT2D eigenvalue weighted by Gasteiger charge is 2.39. The Hall–Kier alpha value is -0.123. The summed E-state index contributed by atoms with van der Waals surface area (Å²) in [7, 11) is 1.74. The van der Waals surface area contributed by atoms with E-state index in [0.717, 1.165) is 43.5 Å². The zero-order chi connectivity index (χ0) is 19.0. The van der Waals surface area contributed by atoms with Crippen molar-refractivity contribution in [3.05, 3.63) is 0 Å². The van der Waals surface area contributed by atoms with Gasteiger partial charge in [0.25, 0.3) is 0 Å². The molecule has 0 unspecified atom stereocenters. The van der Waals surface area contributed by atoms with Crippen LogP contribution in [0.1, 0.15) is 40.0 Å². The second-order valence-electron chi connectivity index (χ2n) is 6.11. The maximum atomic E-state index is 11.8. The average Bonchev–Trinajstić information content (AvgIpc) is 2.55. The van der Waals surface area contributed by atoms with Crippen molar-refractivity contribution < 1.29 is 23.0 Å². The van der Waals surface area contributed by atoms with Gasteiger partial charge >= 0.3 is 8.80 Å². The number of carbonyl (C=O) groups excluding carboxylic acids is 1. The van der Waals surface area contributed by atoms with E-state index in [1.807, 2.05) is 32.5 Å². The van der Waals surface area contributed by atoms with Crippen molar-refractivity contribution in [2.45, 2.75) is 46.1 Å². The van der Waals surface area contributed by atoms with Crippen molar-refractivity contribution >= 4 is 26.5 Å². The number of quaternary nitrogens is 1. The molecule has 0 aliphatic carbocycles. The van der Waals surface area contributed by atoms with Crippen LogP contribution in [0.2, 0.25) is 6.04 Å². The Morgan fingerprint density at radius 2 is 1.60 bits per heavy atom. The molecule has 0 spiro atoms. The summed E-state index contributed by atoms with van der Waals surface area (Å²) in [6.07, 6.45) is 2.61. The minimum Gasteiger partial charge on any atom is -0.374 e. The molecular weight excluding hydrogens is 356 g/mol. The predicted octanol–water partition coefficient (Wildman–Crippen LogP) is 1.20. The standard InChI is InChI=1S/C17H38N2O4SSi/c1-6-21-25(22-7-2,23-8-3)16-10-14-24-15-11-17(20)18-12-9-13-19(4)5/h6-16H2,1-5H3,(H,18,20)/p+1. The number of carbonyl (C=O) groups is 1. The third kappa shape index (κ3) is 13.7. The third-order valence-electron chi connectivity index (χ3n) is 3.51. The molecule has 2 N–H and O–H groups in total. The lowest BCUT2D eigenvalue weighted by Crippen LogP contribution is -3.05. The Morgan fingerprint density at radius 3 is 2.12 bits per heavy atom. The Labute approximate surface area is 159 Å². The van der Waals surface area contributed by atoms with Gasteiger partial charge in [-0.25, -0.2) is 0 Å². The van der Waals surface area contributed by atoms with Gasteiger partial charge < -0.3 is 23.5 Å². The van der Waals surface area contributed by atoms with Gasteiger partial charge in [-0.3, -0.25) is 4.79 Å². The molecule has 0 aliphatic heterocycles. The molecule has 0 aromatic carbocycles. The monoisotopic (exact) mass is 395 g/mol. The van der Waals surface area contributed by atoms with Gasteiger partial charge in [-0.15, -0.1) is 0 Å². The van der Waals surface area contributed by atoms with Gasteiger partial charge in [0.15, 0.2) is 0 Å². The summed E-state index contributed by atoms with van der Waals surface area (Å²) < 4.78 is 17.5. The van der Waals surface area contributed by atoms with Crippen molar-refractivity contribution in [2.75, 3.05) is 58.5 Å². The average molecular weight is 396 g/mol. The highest BCUT2D eigenvalue weighted by atomic mass is 32.2. The topological polar surface area (TPSA) is 61.2 Å². The van der Waals surface area contributed by atoms with E-state index in [2.05, 4.69) is 19.4 Å². The van der Waals surface area contributed by atoms with Crippen LogP contribution in [-0.2, 0) is 18.1 Å². The number of rotatable bonds is 17. The fourth-order valence-corrected chi connectivity index (χ4v) is 6.17. The van der Waals surface area contributed by atoms with Gasteiger partial charge in [0, 0.05) is 51.0 Å². The largest absolute Gasteiger partial charge is 0.500 e. The molecular formula is C17H39N2O4SSi+. The molecule has 0 fully saturated rings.